The summed E-state index contributed by atoms with van der Waals surface area (Å²) in [4.78, 5) is 20.8. The fraction of sp³-hybridized carbons (Fsp3) is 0.444. The molecule has 7 heteroatoms. The van der Waals surface area contributed by atoms with Crippen LogP contribution in [0, 0.1) is 0 Å². The first-order valence-corrected chi connectivity index (χ1v) is 9.52. The Morgan fingerprint density at radius 2 is 1.80 bits per heavy atom. The van der Waals surface area contributed by atoms with Gasteiger partial charge in [0, 0.05) is 29.4 Å². The van der Waals surface area contributed by atoms with Crippen LogP contribution in [0.1, 0.15) is 27.2 Å². The van der Waals surface area contributed by atoms with Crippen molar-refractivity contribution in [2.75, 3.05) is 31.1 Å². The van der Waals surface area contributed by atoms with Crippen LogP contribution in [0.5, 0.6) is 0 Å². The molecule has 2 aromatic rings. The Bertz CT molecular complexity index is 657. The van der Waals surface area contributed by atoms with Crippen LogP contribution in [0.15, 0.2) is 29.6 Å². The number of aromatic nitrogens is 1. The number of anilines is 1. The molecular weight excluding hydrogens is 377 g/mol. The molecule has 4 nitrogen and oxygen atoms in total. The lowest BCUT2D eigenvalue weighted by Crippen LogP contribution is -2.32. The second-order valence-corrected chi connectivity index (χ2v) is 6.85. The van der Waals surface area contributed by atoms with Crippen molar-refractivity contribution in [1.82, 2.24) is 9.88 Å². The minimum Gasteiger partial charge on any atom is -0.304 e. The van der Waals surface area contributed by atoms with Crippen molar-refractivity contribution in [3.05, 3.63) is 34.7 Å². The molecule has 0 atom stereocenters. The van der Waals surface area contributed by atoms with Gasteiger partial charge in [0.25, 0.3) is 0 Å². The SMILES string of the molecule is CCN(CC)CCCN(C(C)=O)c1nc(-c2ccc(Cl)cc2)cs1.Cl. The number of hydrogen-bond acceptors (Lipinski definition) is 4. The van der Waals surface area contributed by atoms with Crippen LogP contribution in [-0.4, -0.2) is 42.0 Å². The van der Waals surface area contributed by atoms with Crippen LogP contribution >= 0.6 is 35.3 Å². The summed E-state index contributed by atoms with van der Waals surface area (Å²) in [5, 5.41) is 3.45. The van der Waals surface area contributed by atoms with Gasteiger partial charge in [-0.25, -0.2) is 4.98 Å². The maximum absolute atomic E-state index is 12.0. The van der Waals surface area contributed by atoms with Gasteiger partial charge in [0.05, 0.1) is 5.69 Å². The molecule has 0 saturated carbocycles. The lowest BCUT2D eigenvalue weighted by Gasteiger charge is -2.21. The quantitative estimate of drug-likeness (QED) is 0.626. The summed E-state index contributed by atoms with van der Waals surface area (Å²) in [7, 11) is 0. The number of thiazole rings is 1. The monoisotopic (exact) mass is 401 g/mol. The molecule has 0 saturated heterocycles. The lowest BCUT2D eigenvalue weighted by molar-refractivity contribution is -0.116. The van der Waals surface area contributed by atoms with Gasteiger partial charge in [-0.2, -0.15) is 0 Å². The van der Waals surface area contributed by atoms with E-state index in [0.29, 0.717) is 11.6 Å². The van der Waals surface area contributed by atoms with Gasteiger partial charge in [-0.3, -0.25) is 9.69 Å². The molecule has 0 unspecified atom stereocenters. The largest absolute Gasteiger partial charge is 0.304 e. The van der Waals surface area contributed by atoms with Crippen LogP contribution in [0.4, 0.5) is 5.13 Å². The van der Waals surface area contributed by atoms with E-state index in [1.165, 1.54) is 11.3 Å². The van der Waals surface area contributed by atoms with Crippen molar-refractivity contribution >= 4 is 46.4 Å². The van der Waals surface area contributed by atoms with Gasteiger partial charge in [0.15, 0.2) is 5.13 Å². The van der Waals surface area contributed by atoms with Crippen molar-refractivity contribution in [3.8, 4) is 11.3 Å². The molecule has 2 rings (SSSR count). The minimum atomic E-state index is 0. The maximum atomic E-state index is 12.0. The Balaban J connectivity index is 0.00000312. The van der Waals surface area contributed by atoms with E-state index in [1.807, 2.05) is 29.6 Å². The van der Waals surface area contributed by atoms with Crippen molar-refractivity contribution in [2.45, 2.75) is 27.2 Å². The summed E-state index contributed by atoms with van der Waals surface area (Å²) in [6.07, 6.45) is 0.942. The molecule has 1 aromatic carbocycles. The van der Waals surface area contributed by atoms with Gasteiger partial charge in [-0.1, -0.05) is 37.6 Å². The Morgan fingerprint density at radius 3 is 2.36 bits per heavy atom. The number of amides is 1. The van der Waals surface area contributed by atoms with E-state index in [0.717, 1.165) is 42.4 Å². The van der Waals surface area contributed by atoms with Crippen molar-refractivity contribution in [2.24, 2.45) is 0 Å². The number of rotatable bonds is 8. The molecule has 1 aromatic heterocycles. The normalized spacial score (nSPS) is 10.6. The highest BCUT2D eigenvalue weighted by atomic mass is 35.5. The van der Waals surface area contributed by atoms with Gasteiger partial charge in [0.2, 0.25) is 5.91 Å². The van der Waals surface area contributed by atoms with E-state index in [1.54, 1.807) is 11.8 Å². The third-order valence-electron chi connectivity index (χ3n) is 3.99. The van der Waals surface area contributed by atoms with E-state index < -0.39 is 0 Å². The summed E-state index contributed by atoms with van der Waals surface area (Å²) >= 11 is 7.43. The van der Waals surface area contributed by atoms with Crippen LogP contribution in [0.2, 0.25) is 5.02 Å². The lowest BCUT2D eigenvalue weighted by atomic mass is 10.2. The van der Waals surface area contributed by atoms with E-state index in [9.17, 15) is 4.79 Å². The number of hydrogen-bond donors (Lipinski definition) is 0. The summed E-state index contributed by atoms with van der Waals surface area (Å²) in [6.45, 7) is 9.67. The molecule has 0 aliphatic rings. The Labute approximate surface area is 165 Å². The third kappa shape index (κ3) is 6.26. The molecule has 25 heavy (non-hydrogen) atoms. The molecule has 0 aliphatic carbocycles. The molecule has 138 valence electrons. The Kier molecular flexibility index (Phi) is 9.43. The highest BCUT2D eigenvalue weighted by Crippen LogP contribution is 2.28. The number of carbonyl (C=O) groups excluding carboxylic acids is 1. The van der Waals surface area contributed by atoms with E-state index >= 15 is 0 Å². The summed E-state index contributed by atoms with van der Waals surface area (Å²) in [6, 6.07) is 7.59. The van der Waals surface area contributed by atoms with Gasteiger partial charge >= 0.3 is 0 Å². The first-order valence-electron chi connectivity index (χ1n) is 8.27. The molecule has 0 spiro atoms. The van der Waals surface area contributed by atoms with Crippen molar-refractivity contribution < 1.29 is 4.79 Å². The average molecular weight is 402 g/mol. The summed E-state index contributed by atoms with van der Waals surface area (Å²) in [5.74, 6) is 0.0338. The van der Waals surface area contributed by atoms with Gasteiger partial charge in [0.1, 0.15) is 0 Å². The molecule has 1 amide bonds. The Hall–Kier alpha value is -1.14. The minimum absolute atomic E-state index is 0. The number of benzene rings is 1. The second-order valence-electron chi connectivity index (χ2n) is 5.57. The summed E-state index contributed by atoms with van der Waals surface area (Å²) in [5.41, 5.74) is 1.88. The highest BCUT2D eigenvalue weighted by molar-refractivity contribution is 7.14. The standard InChI is InChI=1S/C18H24ClN3OS.ClH/c1-4-21(5-2)11-6-12-22(14(3)23)18-20-17(13-24-18)15-7-9-16(19)10-8-15;/h7-10,13H,4-6,11-12H2,1-3H3;1H. The highest BCUT2D eigenvalue weighted by Gasteiger charge is 2.16. The predicted octanol–water partition coefficient (Wildman–Crippen LogP) is 4.97. The molecular formula is C18H25Cl2N3OS. The topological polar surface area (TPSA) is 36.4 Å². The summed E-state index contributed by atoms with van der Waals surface area (Å²) < 4.78 is 0. The van der Waals surface area contributed by atoms with E-state index in [2.05, 4.69) is 23.7 Å². The van der Waals surface area contributed by atoms with Gasteiger partial charge < -0.3 is 4.90 Å². The first-order chi connectivity index (χ1) is 11.5. The average Bonchev–Trinajstić information content (AvgIpc) is 3.05. The third-order valence-corrected chi connectivity index (χ3v) is 5.11. The molecule has 1 heterocycles. The van der Waals surface area contributed by atoms with Crippen molar-refractivity contribution in [3.63, 3.8) is 0 Å². The maximum Gasteiger partial charge on any atom is 0.225 e. The molecule has 0 fully saturated rings. The smallest absolute Gasteiger partial charge is 0.225 e. The fourth-order valence-corrected chi connectivity index (χ4v) is 3.55. The zero-order valence-electron chi connectivity index (χ0n) is 14.9. The molecule has 0 aliphatic heterocycles. The number of halogens is 2. The zero-order chi connectivity index (χ0) is 17.5. The van der Waals surface area contributed by atoms with Crippen LogP contribution in [0.3, 0.4) is 0 Å². The predicted molar refractivity (Wildman–Crippen MR) is 110 cm³/mol. The van der Waals surface area contributed by atoms with Gasteiger partial charge in [-0.05, 0) is 38.2 Å². The fourth-order valence-electron chi connectivity index (χ4n) is 2.52. The zero-order valence-corrected chi connectivity index (χ0v) is 17.3. The Morgan fingerprint density at radius 1 is 1.16 bits per heavy atom. The van der Waals surface area contributed by atoms with Crippen molar-refractivity contribution in [1.29, 1.82) is 0 Å². The van der Waals surface area contributed by atoms with Crippen LogP contribution in [0.25, 0.3) is 11.3 Å². The first kappa shape index (κ1) is 21.9. The van der Waals surface area contributed by atoms with Crippen LogP contribution in [-0.2, 0) is 4.79 Å². The number of nitrogens with zero attached hydrogens (tertiary/aromatic N) is 3. The van der Waals surface area contributed by atoms with Gasteiger partial charge in [-0.15, -0.1) is 23.7 Å². The molecule has 0 radical (unpaired) electrons. The van der Waals surface area contributed by atoms with E-state index in [4.69, 9.17) is 11.6 Å². The number of carbonyl (C=O) groups is 1. The molecule has 0 N–H and O–H groups in total. The van der Waals surface area contributed by atoms with Crippen LogP contribution < -0.4 is 4.90 Å². The second kappa shape index (κ2) is 10.8. The molecule has 0 bridgehead atoms. The van der Waals surface area contributed by atoms with E-state index in [-0.39, 0.29) is 18.3 Å².